The van der Waals surface area contributed by atoms with Gasteiger partial charge in [-0.15, -0.1) is 0 Å². The number of aromatic hydroxyl groups is 1. The lowest BCUT2D eigenvalue weighted by atomic mass is 10.2. The number of phenols is 1. The molecule has 3 aromatic carbocycles. The Bertz CT molecular complexity index is 878. The van der Waals surface area contributed by atoms with Crippen molar-refractivity contribution in [3.05, 3.63) is 86.9 Å². The largest absolute Gasteiger partial charge is 0.505 e. The third-order valence-electron chi connectivity index (χ3n) is 3.76. The Morgan fingerprint density at radius 3 is 2.27 bits per heavy atom. The van der Waals surface area contributed by atoms with Gasteiger partial charge in [0.05, 0.1) is 10.0 Å². The van der Waals surface area contributed by atoms with Gasteiger partial charge in [-0.3, -0.25) is 0 Å². The average Bonchev–Trinajstić information content (AvgIpc) is 2.64. The Hall–Kier alpha value is -2.07. The molecule has 0 aliphatic rings. The van der Waals surface area contributed by atoms with Crippen molar-refractivity contribution >= 4 is 40.5 Å². The summed E-state index contributed by atoms with van der Waals surface area (Å²) in [7, 11) is 0. The monoisotopic (exact) mass is 407 g/mol. The predicted octanol–water partition coefficient (Wildman–Crippen LogP) is 6.54. The maximum atomic E-state index is 9.65. The van der Waals surface area contributed by atoms with Gasteiger partial charge in [0.25, 0.3) is 0 Å². The van der Waals surface area contributed by atoms with Gasteiger partial charge in [0.1, 0.15) is 12.4 Å². The summed E-state index contributed by atoms with van der Waals surface area (Å²) in [6.45, 7) is 0.925. The highest BCUT2D eigenvalue weighted by molar-refractivity contribution is 6.37. The van der Waals surface area contributed by atoms with E-state index < -0.39 is 0 Å². The molecule has 0 radical (unpaired) electrons. The SMILES string of the molecule is Oc1c(Cl)cc(NCc2cc(Cl)ccc2OCc2ccccc2)cc1Cl. The van der Waals surface area contributed by atoms with Crippen LogP contribution in [0, 0.1) is 0 Å². The summed E-state index contributed by atoms with van der Waals surface area (Å²) in [4.78, 5) is 0. The first kappa shape index (κ1) is 18.7. The van der Waals surface area contributed by atoms with E-state index in [9.17, 15) is 5.11 Å². The summed E-state index contributed by atoms with van der Waals surface area (Å²) >= 11 is 18.0. The van der Waals surface area contributed by atoms with Crippen molar-refractivity contribution in [1.82, 2.24) is 0 Å². The number of halogens is 3. The van der Waals surface area contributed by atoms with Gasteiger partial charge in [0.15, 0.2) is 5.75 Å². The standard InChI is InChI=1S/C20H16Cl3NO2/c21-15-6-7-19(26-12-13-4-2-1-3-5-13)14(8-15)11-24-16-9-17(22)20(25)18(23)10-16/h1-10,24-25H,11-12H2. The lowest BCUT2D eigenvalue weighted by Crippen LogP contribution is -2.04. The lowest BCUT2D eigenvalue weighted by molar-refractivity contribution is 0.303. The maximum absolute atomic E-state index is 9.65. The highest BCUT2D eigenvalue weighted by Crippen LogP contribution is 2.35. The van der Waals surface area contributed by atoms with Crippen LogP contribution in [0.15, 0.2) is 60.7 Å². The zero-order valence-electron chi connectivity index (χ0n) is 13.7. The van der Waals surface area contributed by atoms with Crippen LogP contribution in [0.1, 0.15) is 11.1 Å². The number of hydrogen-bond acceptors (Lipinski definition) is 3. The number of nitrogens with one attached hydrogen (secondary N) is 1. The summed E-state index contributed by atoms with van der Waals surface area (Å²) in [6, 6.07) is 18.6. The molecule has 0 aliphatic heterocycles. The summed E-state index contributed by atoms with van der Waals surface area (Å²) in [5.74, 6) is 0.607. The van der Waals surface area contributed by atoms with E-state index in [0.717, 1.165) is 16.9 Å². The fraction of sp³-hybridized carbons (Fsp3) is 0.100. The zero-order chi connectivity index (χ0) is 18.5. The van der Waals surface area contributed by atoms with E-state index in [4.69, 9.17) is 39.5 Å². The smallest absolute Gasteiger partial charge is 0.152 e. The molecule has 6 heteroatoms. The molecule has 0 bridgehead atoms. The minimum Gasteiger partial charge on any atom is -0.505 e. The van der Waals surface area contributed by atoms with Crippen LogP contribution in [0.5, 0.6) is 11.5 Å². The maximum Gasteiger partial charge on any atom is 0.152 e. The second-order valence-corrected chi connectivity index (χ2v) is 6.92. The molecule has 134 valence electrons. The van der Waals surface area contributed by atoms with Gasteiger partial charge >= 0.3 is 0 Å². The molecule has 0 fully saturated rings. The molecule has 0 saturated carbocycles. The molecule has 0 atom stereocenters. The molecule has 0 heterocycles. The Morgan fingerprint density at radius 2 is 1.58 bits per heavy atom. The molecule has 0 saturated heterocycles. The van der Waals surface area contributed by atoms with Crippen molar-refractivity contribution in [2.24, 2.45) is 0 Å². The Kier molecular flexibility index (Phi) is 6.15. The van der Waals surface area contributed by atoms with Crippen LogP contribution in [-0.4, -0.2) is 5.11 Å². The number of rotatable bonds is 6. The van der Waals surface area contributed by atoms with Crippen LogP contribution in [0.25, 0.3) is 0 Å². The minimum atomic E-state index is -0.131. The number of benzene rings is 3. The van der Waals surface area contributed by atoms with E-state index in [-0.39, 0.29) is 15.8 Å². The molecule has 0 aromatic heterocycles. The van der Waals surface area contributed by atoms with Crippen LogP contribution in [0.4, 0.5) is 5.69 Å². The minimum absolute atomic E-state index is 0.131. The van der Waals surface area contributed by atoms with Crippen LogP contribution >= 0.6 is 34.8 Å². The first-order chi connectivity index (χ1) is 12.5. The summed E-state index contributed by atoms with van der Waals surface area (Å²) in [5, 5.41) is 13.9. The van der Waals surface area contributed by atoms with E-state index in [2.05, 4.69) is 5.32 Å². The van der Waals surface area contributed by atoms with E-state index in [1.165, 1.54) is 0 Å². The van der Waals surface area contributed by atoms with E-state index >= 15 is 0 Å². The van der Waals surface area contributed by atoms with Crippen LogP contribution in [0.3, 0.4) is 0 Å². The highest BCUT2D eigenvalue weighted by atomic mass is 35.5. The van der Waals surface area contributed by atoms with Gasteiger partial charge in [-0.25, -0.2) is 0 Å². The van der Waals surface area contributed by atoms with Crippen LogP contribution < -0.4 is 10.1 Å². The normalized spacial score (nSPS) is 10.6. The molecule has 0 amide bonds. The number of hydrogen-bond donors (Lipinski definition) is 2. The van der Waals surface area contributed by atoms with Gasteiger partial charge in [-0.05, 0) is 35.9 Å². The molecule has 3 aromatic rings. The number of phenolic OH excluding ortho intramolecular Hbond substituents is 1. The van der Waals surface area contributed by atoms with Crippen molar-refractivity contribution in [3.8, 4) is 11.5 Å². The second-order valence-electron chi connectivity index (χ2n) is 5.67. The van der Waals surface area contributed by atoms with Crippen LogP contribution in [0.2, 0.25) is 15.1 Å². The fourth-order valence-corrected chi connectivity index (χ4v) is 3.11. The quantitative estimate of drug-likeness (QED) is 0.455. The van der Waals surface area contributed by atoms with E-state index in [1.807, 2.05) is 42.5 Å². The molecular weight excluding hydrogens is 393 g/mol. The van der Waals surface area contributed by atoms with Gasteiger partial charge in [0.2, 0.25) is 0 Å². The molecule has 0 spiro atoms. The van der Waals surface area contributed by atoms with Gasteiger partial charge in [0, 0.05) is 22.8 Å². The van der Waals surface area contributed by atoms with E-state index in [1.54, 1.807) is 18.2 Å². The topological polar surface area (TPSA) is 41.5 Å². The summed E-state index contributed by atoms with van der Waals surface area (Å²) in [5.41, 5.74) is 2.67. The first-order valence-electron chi connectivity index (χ1n) is 7.90. The highest BCUT2D eigenvalue weighted by Gasteiger charge is 2.09. The third-order valence-corrected chi connectivity index (χ3v) is 4.57. The van der Waals surface area contributed by atoms with Crippen molar-refractivity contribution in [3.63, 3.8) is 0 Å². The molecule has 3 nitrogen and oxygen atoms in total. The van der Waals surface area contributed by atoms with E-state index in [0.29, 0.717) is 23.9 Å². The van der Waals surface area contributed by atoms with Gasteiger partial charge in [-0.2, -0.15) is 0 Å². The van der Waals surface area contributed by atoms with Crippen molar-refractivity contribution in [2.45, 2.75) is 13.2 Å². The summed E-state index contributed by atoms with van der Waals surface area (Å²) in [6.07, 6.45) is 0. The zero-order valence-corrected chi connectivity index (χ0v) is 15.9. The predicted molar refractivity (Wildman–Crippen MR) is 108 cm³/mol. The fourth-order valence-electron chi connectivity index (χ4n) is 2.43. The first-order valence-corrected chi connectivity index (χ1v) is 9.03. The second kappa shape index (κ2) is 8.54. The van der Waals surface area contributed by atoms with Gasteiger partial charge in [-0.1, -0.05) is 65.1 Å². The number of anilines is 1. The Balaban J connectivity index is 1.73. The molecule has 2 N–H and O–H groups in total. The number of ether oxygens (including phenoxy) is 1. The lowest BCUT2D eigenvalue weighted by Gasteiger charge is -2.14. The molecule has 26 heavy (non-hydrogen) atoms. The Labute approximate surface area is 167 Å². The third kappa shape index (κ3) is 4.76. The van der Waals surface area contributed by atoms with Crippen LogP contribution in [-0.2, 0) is 13.2 Å². The average molecular weight is 409 g/mol. The Morgan fingerprint density at radius 1 is 0.885 bits per heavy atom. The van der Waals surface area contributed by atoms with Gasteiger partial charge < -0.3 is 15.2 Å². The molecule has 0 aliphatic carbocycles. The van der Waals surface area contributed by atoms with Crippen molar-refractivity contribution in [1.29, 1.82) is 0 Å². The molecule has 0 unspecified atom stereocenters. The molecular formula is C20H16Cl3NO2. The summed E-state index contributed by atoms with van der Waals surface area (Å²) < 4.78 is 5.94. The van der Waals surface area contributed by atoms with Crippen molar-refractivity contribution < 1.29 is 9.84 Å². The van der Waals surface area contributed by atoms with Crippen molar-refractivity contribution in [2.75, 3.05) is 5.32 Å². The molecule has 3 rings (SSSR count).